The molecule has 0 saturated heterocycles. The Morgan fingerprint density at radius 3 is 2.33 bits per heavy atom. The summed E-state index contributed by atoms with van der Waals surface area (Å²) in [5, 5.41) is 0.570. The highest BCUT2D eigenvalue weighted by Crippen LogP contribution is 2.46. The number of aromatic nitrogens is 2. The minimum Gasteiger partial charge on any atom is -0.466 e. The fourth-order valence-electron chi connectivity index (χ4n) is 6.93. The number of rotatable bonds is 7. The molecule has 0 bridgehead atoms. The standard InChI is InChI=1S/C31H36ClF2N3O3/c1-3-40-29(39)17-21-7-13-24(14-8-21)36(20(2)38)31(15-5-4-6-16-31)37-28-19-26(34)25(33)18-27(28)35-30(37)22-9-11-23(32)12-10-22/h9-12,18-19,21,24H,3-8,13-17H2,1-2H3. The van der Waals surface area contributed by atoms with Crippen LogP contribution in [0, 0.1) is 17.6 Å². The van der Waals surface area contributed by atoms with Crippen LogP contribution in [0.3, 0.4) is 0 Å². The predicted molar refractivity (Wildman–Crippen MR) is 151 cm³/mol. The topological polar surface area (TPSA) is 64.4 Å². The lowest BCUT2D eigenvalue weighted by Gasteiger charge is -2.52. The number of nitrogens with zero attached hydrogens (tertiary/aromatic N) is 3. The largest absolute Gasteiger partial charge is 0.466 e. The third kappa shape index (κ3) is 5.47. The van der Waals surface area contributed by atoms with Crippen LogP contribution in [0.1, 0.15) is 78.1 Å². The molecule has 2 aromatic carbocycles. The molecule has 5 rings (SSSR count). The number of ether oxygens (including phenoxy) is 1. The van der Waals surface area contributed by atoms with Crippen molar-refractivity contribution >= 4 is 34.5 Å². The van der Waals surface area contributed by atoms with Gasteiger partial charge in [-0.1, -0.05) is 18.0 Å². The number of halogens is 3. The minimum absolute atomic E-state index is 0.0464. The van der Waals surface area contributed by atoms with E-state index in [1.807, 2.05) is 28.5 Å². The Kier molecular flexibility index (Phi) is 8.45. The highest BCUT2D eigenvalue weighted by molar-refractivity contribution is 6.30. The summed E-state index contributed by atoms with van der Waals surface area (Å²) < 4.78 is 36.3. The van der Waals surface area contributed by atoms with Crippen molar-refractivity contribution in [2.45, 2.75) is 89.8 Å². The van der Waals surface area contributed by atoms with Crippen LogP contribution in [0.4, 0.5) is 8.78 Å². The van der Waals surface area contributed by atoms with Crippen molar-refractivity contribution in [2.75, 3.05) is 6.61 Å². The molecule has 0 unspecified atom stereocenters. The summed E-state index contributed by atoms with van der Waals surface area (Å²) in [7, 11) is 0. The van der Waals surface area contributed by atoms with Crippen molar-refractivity contribution in [3.63, 3.8) is 0 Å². The number of hydrogen-bond donors (Lipinski definition) is 0. The van der Waals surface area contributed by atoms with Gasteiger partial charge in [-0.25, -0.2) is 13.8 Å². The molecule has 2 aliphatic carbocycles. The van der Waals surface area contributed by atoms with Gasteiger partial charge in [0.25, 0.3) is 0 Å². The normalized spacial score (nSPS) is 20.8. The molecule has 3 aromatic rings. The summed E-state index contributed by atoms with van der Waals surface area (Å²) in [5.41, 5.74) is 0.771. The number of carbonyl (C=O) groups is 2. The Balaban J connectivity index is 1.62. The van der Waals surface area contributed by atoms with Crippen molar-refractivity contribution in [3.8, 4) is 11.4 Å². The molecule has 0 aliphatic heterocycles. The van der Waals surface area contributed by atoms with E-state index in [1.54, 1.807) is 19.1 Å². The Morgan fingerprint density at radius 2 is 1.70 bits per heavy atom. The highest BCUT2D eigenvalue weighted by Gasteiger charge is 2.47. The van der Waals surface area contributed by atoms with Crippen LogP contribution in [0.2, 0.25) is 5.02 Å². The first-order valence-corrected chi connectivity index (χ1v) is 14.7. The molecule has 40 heavy (non-hydrogen) atoms. The number of amides is 1. The van der Waals surface area contributed by atoms with Gasteiger partial charge < -0.3 is 9.64 Å². The molecule has 0 atom stereocenters. The predicted octanol–water partition coefficient (Wildman–Crippen LogP) is 7.61. The average molecular weight is 572 g/mol. The third-order valence-electron chi connectivity index (χ3n) is 8.60. The number of hydrogen-bond acceptors (Lipinski definition) is 4. The zero-order valence-electron chi connectivity index (χ0n) is 23.1. The molecule has 9 heteroatoms. The maximum Gasteiger partial charge on any atom is 0.306 e. The lowest BCUT2D eigenvalue weighted by molar-refractivity contribution is -0.151. The second-order valence-corrected chi connectivity index (χ2v) is 11.6. The highest BCUT2D eigenvalue weighted by atomic mass is 35.5. The van der Waals surface area contributed by atoms with Gasteiger partial charge in [-0.05, 0) is 88.5 Å². The van der Waals surface area contributed by atoms with E-state index in [0.29, 0.717) is 47.7 Å². The van der Waals surface area contributed by atoms with E-state index in [-0.39, 0.29) is 23.8 Å². The van der Waals surface area contributed by atoms with Crippen LogP contribution in [-0.4, -0.2) is 39.0 Å². The second-order valence-electron chi connectivity index (χ2n) is 11.1. The van der Waals surface area contributed by atoms with Crippen LogP contribution in [0.5, 0.6) is 0 Å². The zero-order valence-corrected chi connectivity index (χ0v) is 23.9. The van der Waals surface area contributed by atoms with Crippen LogP contribution >= 0.6 is 11.6 Å². The molecule has 0 N–H and O–H groups in total. The van der Waals surface area contributed by atoms with Crippen molar-refractivity contribution in [2.24, 2.45) is 5.92 Å². The van der Waals surface area contributed by atoms with E-state index in [1.165, 1.54) is 6.07 Å². The molecule has 0 radical (unpaired) electrons. The summed E-state index contributed by atoms with van der Waals surface area (Å²) in [6, 6.07) is 9.53. The van der Waals surface area contributed by atoms with Gasteiger partial charge in [0.15, 0.2) is 11.6 Å². The summed E-state index contributed by atoms with van der Waals surface area (Å²) in [6.07, 6.45) is 7.73. The Morgan fingerprint density at radius 1 is 1.05 bits per heavy atom. The van der Waals surface area contributed by atoms with E-state index in [9.17, 15) is 18.4 Å². The van der Waals surface area contributed by atoms with Gasteiger partial charge in [0.05, 0.1) is 17.6 Å². The second kappa shape index (κ2) is 11.9. The van der Waals surface area contributed by atoms with Crippen LogP contribution in [-0.2, 0) is 20.0 Å². The molecule has 6 nitrogen and oxygen atoms in total. The maximum atomic E-state index is 14.7. The number of imidazole rings is 1. The van der Waals surface area contributed by atoms with Crippen LogP contribution in [0.25, 0.3) is 22.4 Å². The smallest absolute Gasteiger partial charge is 0.306 e. The molecule has 2 saturated carbocycles. The molecular formula is C31H36ClF2N3O3. The first kappa shape index (κ1) is 28.5. The van der Waals surface area contributed by atoms with E-state index >= 15 is 0 Å². The Hall–Kier alpha value is -3.00. The van der Waals surface area contributed by atoms with Gasteiger partial charge in [-0.15, -0.1) is 0 Å². The lowest BCUT2D eigenvalue weighted by Crippen LogP contribution is -2.58. The molecule has 2 fully saturated rings. The van der Waals surface area contributed by atoms with Gasteiger partial charge >= 0.3 is 5.97 Å². The molecule has 214 valence electrons. The van der Waals surface area contributed by atoms with Gasteiger partial charge in [-0.3, -0.25) is 14.2 Å². The fraction of sp³-hybridized carbons (Fsp3) is 0.516. The number of esters is 1. The summed E-state index contributed by atoms with van der Waals surface area (Å²) in [5.74, 6) is -1.35. The van der Waals surface area contributed by atoms with Crippen molar-refractivity contribution in [1.82, 2.24) is 14.5 Å². The SMILES string of the molecule is CCOC(=O)CC1CCC(N(C(C)=O)C2(n3c(-c4ccc(Cl)cc4)nc4cc(F)c(F)cc43)CCCCC2)CC1. The molecule has 0 spiro atoms. The molecule has 1 aromatic heterocycles. The van der Waals surface area contributed by atoms with Gasteiger partial charge in [0.2, 0.25) is 5.91 Å². The van der Waals surface area contributed by atoms with Gasteiger partial charge in [0, 0.05) is 42.1 Å². The molecular weight excluding hydrogens is 536 g/mol. The Labute approximate surface area is 238 Å². The van der Waals surface area contributed by atoms with E-state index < -0.39 is 17.3 Å². The minimum atomic E-state index is -0.958. The molecule has 1 amide bonds. The summed E-state index contributed by atoms with van der Waals surface area (Å²) in [4.78, 5) is 32.5. The molecule has 2 aliphatic rings. The average Bonchev–Trinajstić information content (AvgIpc) is 3.29. The number of benzene rings is 2. The quantitative estimate of drug-likeness (QED) is 0.274. The van der Waals surface area contributed by atoms with E-state index in [4.69, 9.17) is 21.3 Å². The van der Waals surface area contributed by atoms with Crippen molar-refractivity contribution in [3.05, 3.63) is 53.1 Å². The van der Waals surface area contributed by atoms with E-state index in [2.05, 4.69) is 0 Å². The fourth-order valence-corrected chi connectivity index (χ4v) is 7.06. The van der Waals surface area contributed by atoms with Crippen molar-refractivity contribution in [1.29, 1.82) is 0 Å². The lowest BCUT2D eigenvalue weighted by atomic mass is 9.80. The molecule has 1 heterocycles. The Bertz CT molecular complexity index is 1380. The third-order valence-corrected chi connectivity index (χ3v) is 8.85. The summed E-state index contributed by atoms with van der Waals surface area (Å²) in [6.45, 7) is 3.78. The van der Waals surface area contributed by atoms with Crippen molar-refractivity contribution < 1.29 is 23.1 Å². The monoisotopic (exact) mass is 571 g/mol. The van der Waals surface area contributed by atoms with Gasteiger partial charge in [-0.2, -0.15) is 0 Å². The number of carbonyl (C=O) groups excluding carboxylic acids is 2. The zero-order chi connectivity index (χ0) is 28.4. The van der Waals surface area contributed by atoms with Crippen LogP contribution in [0.15, 0.2) is 36.4 Å². The first-order chi connectivity index (χ1) is 19.2. The first-order valence-electron chi connectivity index (χ1n) is 14.3. The van der Waals surface area contributed by atoms with E-state index in [0.717, 1.165) is 56.6 Å². The summed E-state index contributed by atoms with van der Waals surface area (Å²) >= 11 is 6.18. The van der Waals surface area contributed by atoms with Gasteiger partial charge in [0.1, 0.15) is 11.5 Å². The number of fused-ring (bicyclic) bond motifs is 1. The maximum absolute atomic E-state index is 14.7. The van der Waals surface area contributed by atoms with Crippen LogP contribution < -0.4 is 0 Å².